The molecule has 0 radical (unpaired) electrons. The molecule has 2 aromatic carbocycles. The molecular formula is C25H26FN2O2S+. The molecule has 1 heterocycles. The summed E-state index contributed by atoms with van der Waals surface area (Å²) < 4.78 is 20.3. The maximum atomic E-state index is 13.4. The van der Waals surface area contributed by atoms with Crippen molar-refractivity contribution in [2.45, 2.75) is 26.2 Å². The lowest BCUT2D eigenvalue weighted by Gasteiger charge is -2.18. The summed E-state index contributed by atoms with van der Waals surface area (Å²) in [6.45, 7) is 6.40. The average Bonchev–Trinajstić information content (AvgIpc) is 2.74. The Bertz CT molecular complexity index is 1080. The summed E-state index contributed by atoms with van der Waals surface area (Å²) in [5.41, 5.74) is 2.74. The lowest BCUT2D eigenvalue weighted by Crippen LogP contribution is -2.39. The second-order valence-corrected chi connectivity index (χ2v) is 8.54. The van der Waals surface area contributed by atoms with Gasteiger partial charge in [-0.3, -0.25) is 0 Å². The lowest BCUT2D eigenvalue weighted by molar-refractivity contribution is -0.575. The topological polar surface area (TPSA) is 45.4 Å². The molecule has 0 saturated carbocycles. The summed E-state index contributed by atoms with van der Waals surface area (Å²) in [6.07, 6.45) is 3.72. The predicted octanol–water partition coefficient (Wildman–Crippen LogP) is 5.74. The zero-order chi connectivity index (χ0) is 22.6. The number of hydrogen-bond acceptors (Lipinski definition) is 3. The Morgan fingerprint density at radius 3 is 2.06 bits per heavy atom. The minimum atomic E-state index is -0.376. The summed E-state index contributed by atoms with van der Waals surface area (Å²) >= 11 is 5.65. The highest BCUT2D eigenvalue weighted by molar-refractivity contribution is 7.81. The highest BCUT2D eigenvalue weighted by Crippen LogP contribution is 2.23. The van der Waals surface area contributed by atoms with Gasteiger partial charge < -0.3 is 15.2 Å². The van der Waals surface area contributed by atoms with E-state index in [1.165, 1.54) is 24.3 Å². The van der Waals surface area contributed by atoms with Crippen LogP contribution in [0.15, 0.2) is 73.1 Å². The molecule has 3 rings (SSSR count). The van der Waals surface area contributed by atoms with Crippen molar-refractivity contribution in [3.63, 3.8) is 0 Å². The molecule has 0 atom stereocenters. The van der Waals surface area contributed by atoms with Crippen LogP contribution in [-0.4, -0.2) is 17.2 Å². The third-order valence-electron chi connectivity index (χ3n) is 4.86. The van der Waals surface area contributed by atoms with Crippen molar-refractivity contribution in [3.05, 3.63) is 90.0 Å². The molecule has 2 N–H and O–H groups in total. The number of aromatic nitrogens is 1. The maximum Gasteiger partial charge on any atom is 0.288 e. The van der Waals surface area contributed by atoms with Crippen LogP contribution in [0.2, 0.25) is 0 Å². The molecular weight excluding hydrogens is 411 g/mol. The van der Waals surface area contributed by atoms with E-state index in [1.54, 1.807) is 11.7 Å². The van der Waals surface area contributed by atoms with Crippen LogP contribution in [0.25, 0.3) is 11.5 Å². The molecule has 0 fully saturated rings. The molecule has 0 unspecified atom stereocenters. The van der Waals surface area contributed by atoms with E-state index < -0.39 is 0 Å². The maximum absolute atomic E-state index is 13.4. The van der Waals surface area contributed by atoms with Crippen molar-refractivity contribution < 1.29 is 18.8 Å². The highest BCUT2D eigenvalue weighted by atomic mass is 32.1. The average molecular weight is 438 g/mol. The SMILES string of the molecule is COc1ccc(NC(=S)/C(=C(\O)c2ccc(F)cc2)[n+]2ccc(C(C)(C)C)cc2)cc1. The number of benzene rings is 2. The molecule has 0 aliphatic carbocycles. The van der Waals surface area contributed by atoms with E-state index in [2.05, 4.69) is 26.1 Å². The van der Waals surface area contributed by atoms with Crippen LogP contribution in [0.4, 0.5) is 10.1 Å². The van der Waals surface area contributed by atoms with Gasteiger partial charge in [0.25, 0.3) is 5.70 Å². The van der Waals surface area contributed by atoms with Crippen molar-refractivity contribution in [2.24, 2.45) is 0 Å². The van der Waals surface area contributed by atoms with Crippen molar-refractivity contribution in [1.29, 1.82) is 0 Å². The van der Waals surface area contributed by atoms with E-state index in [9.17, 15) is 9.50 Å². The number of pyridine rings is 1. The van der Waals surface area contributed by atoms with Crippen LogP contribution in [-0.2, 0) is 5.41 Å². The Balaban J connectivity index is 2.03. The van der Waals surface area contributed by atoms with Gasteiger partial charge in [0, 0.05) is 23.4 Å². The number of rotatable bonds is 5. The number of halogens is 1. The molecule has 6 heteroatoms. The molecule has 0 aliphatic heterocycles. The van der Waals surface area contributed by atoms with Gasteiger partial charge in [0.2, 0.25) is 0 Å². The normalized spacial score (nSPS) is 12.2. The third kappa shape index (κ3) is 5.47. The molecule has 4 nitrogen and oxygen atoms in total. The second-order valence-electron chi connectivity index (χ2n) is 8.13. The van der Waals surface area contributed by atoms with Gasteiger partial charge in [-0.1, -0.05) is 33.0 Å². The zero-order valence-corrected chi connectivity index (χ0v) is 18.8. The van der Waals surface area contributed by atoms with Crippen LogP contribution in [0, 0.1) is 5.82 Å². The number of methoxy groups -OCH3 is 1. The first-order chi connectivity index (χ1) is 14.7. The van der Waals surface area contributed by atoms with E-state index in [-0.39, 0.29) is 17.0 Å². The first kappa shape index (κ1) is 22.4. The molecule has 160 valence electrons. The molecule has 0 saturated heterocycles. The van der Waals surface area contributed by atoms with Crippen molar-refractivity contribution in [2.75, 3.05) is 12.4 Å². The fourth-order valence-electron chi connectivity index (χ4n) is 3.03. The molecule has 3 aromatic rings. The molecule has 0 amide bonds. The smallest absolute Gasteiger partial charge is 0.288 e. The monoisotopic (exact) mass is 437 g/mol. The number of thiocarbonyl (C=S) groups is 1. The van der Waals surface area contributed by atoms with Crippen molar-refractivity contribution in [3.8, 4) is 5.75 Å². The lowest BCUT2D eigenvalue weighted by atomic mass is 9.88. The number of nitrogens with one attached hydrogen (secondary N) is 1. The Hall–Kier alpha value is -3.25. The van der Waals surface area contributed by atoms with Crippen LogP contribution >= 0.6 is 12.2 Å². The highest BCUT2D eigenvalue weighted by Gasteiger charge is 2.25. The summed E-state index contributed by atoms with van der Waals surface area (Å²) in [7, 11) is 1.60. The van der Waals surface area contributed by atoms with E-state index in [0.717, 1.165) is 17.0 Å². The van der Waals surface area contributed by atoms with Gasteiger partial charge in [0.15, 0.2) is 23.1 Å². The standard InChI is InChI=1S/C25H25FN2O2S/c1-25(2,3)18-13-15-28(16-14-18)22(23(29)17-5-7-19(26)8-6-17)24(31)27-20-9-11-21(30-4)12-10-20/h5-16H,1-4H3,(H-,27,29,31)/p+1. The third-order valence-corrected chi connectivity index (χ3v) is 5.15. The molecule has 0 spiro atoms. The number of ether oxygens (including phenoxy) is 1. The summed E-state index contributed by atoms with van der Waals surface area (Å²) in [6, 6.07) is 16.9. The van der Waals surface area contributed by atoms with E-state index >= 15 is 0 Å². The Morgan fingerprint density at radius 1 is 0.968 bits per heavy atom. The fraction of sp³-hybridized carbons (Fsp3) is 0.200. The molecule has 31 heavy (non-hydrogen) atoms. The summed E-state index contributed by atoms with van der Waals surface area (Å²) in [5.74, 6) is 0.298. The molecule has 1 aromatic heterocycles. The first-order valence-electron chi connectivity index (χ1n) is 9.86. The second kappa shape index (κ2) is 9.27. The van der Waals surface area contributed by atoms with Crippen LogP contribution in [0.1, 0.15) is 31.9 Å². The van der Waals surface area contributed by atoms with Gasteiger partial charge in [0.05, 0.1) is 7.11 Å². The Kier molecular flexibility index (Phi) is 6.71. The predicted molar refractivity (Wildman–Crippen MR) is 127 cm³/mol. The van der Waals surface area contributed by atoms with Crippen LogP contribution < -0.4 is 14.6 Å². The molecule has 0 bridgehead atoms. The van der Waals surface area contributed by atoms with E-state index in [0.29, 0.717) is 16.2 Å². The van der Waals surface area contributed by atoms with Gasteiger partial charge in [0.1, 0.15) is 11.6 Å². The first-order valence-corrected chi connectivity index (χ1v) is 10.3. The number of aliphatic hydroxyl groups is 1. The minimum absolute atomic E-state index is 0.0101. The van der Waals surface area contributed by atoms with E-state index in [1.807, 2.05) is 48.8 Å². The summed E-state index contributed by atoms with van der Waals surface area (Å²) in [4.78, 5) is 0.320. The van der Waals surface area contributed by atoms with Crippen molar-refractivity contribution >= 4 is 34.3 Å². The number of aliphatic hydroxyl groups excluding tert-OH is 1. The minimum Gasteiger partial charge on any atom is -0.502 e. The summed E-state index contributed by atoms with van der Waals surface area (Å²) in [5, 5.41) is 14.2. The van der Waals surface area contributed by atoms with Crippen LogP contribution in [0.5, 0.6) is 5.75 Å². The van der Waals surface area contributed by atoms with Gasteiger partial charge in [-0.05, 0) is 59.5 Å². The van der Waals surface area contributed by atoms with Crippen LogP contribution in [0.3, 0.4) is 0 Å². The van der Waals surface area contributed by atoms with Gasteiger partial charge in [-0.2, -0.15) is 4.57 Å². The zero-order valence-electron chi connectivity index (χ0n) is 18.0. The Labute approximate surface area is 187 Å². The van der Waals surface area contributed by atoms with Gasteiger partial charge in [-0.15, -0.1) is 0 Å². The molecule has 0 aliphatic rings. The van der Waals surface area contributed by atoms with E-state index in [4.69, 9.17) is 17.0 Å². The quantitative estimate of drug-likeness (QED) is 0.231. The van der Waals surface area contributed by atoms with Gasteiger partial charge >= 0.3 is 0 Å². The Morgan fingerprint density at radius 2 is 1.55 bits per heavy atom. The number of hydrogen-bond donors (Lipinski definition) is 2. The fourth-order valence-corrected chi connectivity index (χ4v) is 3.35. The number of anilines is 1. The largest absolute Gasteiger partial charge is 0.502 e. The number of nitrogens with zero attached hydrogens (tertiary/aromatic N) is 1. The van der Waals surface area contributed by atoms with Crippen molar-refractivity contribution in [1.82, 2.24) is 0 Å². The van der Waals surface area contributed by atoms with Gasteiger partial charge in [-0.25, -0.2) is 4.39 Å².